The topological polar surface area (TPSA) is 251 Å². The summed E-state index contributed by atoms with van der Waals surface area (Å²) in [5, 5.41) is 38.5. The average Bonchev–Trinajstić information content (AvgIpc) is 3.71. The first-order chi connectivity index (χ1) is 24.9. The maximum Gasteiger partial charge on any atom is 0.318 e. The van der Waals surface area contributed by atoms with Crippen LogP contribution in [0.15, 0.2) is 29.3 Å². The lowest BCUT2D eigenvalue weighted by Gasteiger charge is -2.30. The Morgan fingerprint density at radius 3 is 2.19 bits per heavy atom. The van der Waals surface area contributed by atoms with Gasteiger partial charge in [-0.25, -0.2) is 4.79 Å². The largest absolute Gasteiger partial charge is 0.391 e. The van der Waals surface area contributed by atoms with Gasteiger partial charge in [0.2, 0.25) is 29.5 Å². The number of carbonyl (C=O) groups is 7. The van der Waals surface area contributed by atoms with Crippen LogP contribution in [0.2, 0.25) is 0 Å². The fourth-order valence-corrected chi connectivity index (χ4v) is 7.88. The summed E-state index contributed by atoms with van der Waals surface area (Å²) in [6, 6.07) is -2.45. The highest BCUT2D eigenvalue weighted by Crippen LogP contribution is 2.32. The summed E-state index contributed by atoms with van der Waals surface area (Å²) in [6.45, 7) is 7.16. The molecule has 288 valence electrons. The summed E-state index contributed by atoms with van der Waals surface area (Å²) in [6.07, 6.45) is -1.06. The minimum Gasteiger partial charge on any atom is -0.391 e. The van der Waals surface area contributed by atoms with Gasteiger partial charge in [0, 0.05) is 36.0 Å². The SMILES string of the molecule is CC1NC(=O)C(CC(C)(C)O)NC(=O)C2Cc3c([nH]c4ccccc34)SCC(NC(=O)N3CCCC3C(=O)NC(C)C(=O)N2)C(=O)C(C(C)O)NC1=O. The van der Waals surface area contributed by atoms with Crippen LogP contribution in [0.5, 0.6) is 0 Å². The Labute approximate surface area is 310 Å². The number of hydrogen-bond donors (Lipinski definition) is 9. The van der Waals surface area contributed by atoms with Gasteiger partial charge in [0.15, 0.2) is 5.78 Å². The third-order valence-electron chi connectivity index (χ3n) is 9.59. The highest BCUT2D eigenvalue weighted by Gasteiger charge is 2.41. The molecule has 1 fully saturated rings. The van der Waals surface area contributed by atoms with Crippen LogP contribution in [0.25, 0.3) is 10.9 Å². The number of nitrogens with zero attached hydrogens (tertiary/aromatic N) is 1. The van der Waals surface area contributed by atoms with Crippen molar-refractivity contribution in [3.05, 3.63) is 29.8 Å². The quantitative estimate of drug-likeness (QED) is 0.184. The Morgan fingerprint density at radius 1 is 0.849 bits per heavy atom. The van der Waals surface area contributed by atoms with Crippen molar-refractivity contribution >= 4 is 64.0 Å². The first-order valence-electron chi connectivity index (χ1n) is 17.7. The van der Waals surface area contributed by atoms with E-state index in [1.165, 1.54) is 39.5 Å². The molecule has 8 unspecified atom stereocenters. The van der Waals surface area contributed by atoms with Crippen molar-refractivity contribution in [3.63, 3.8) is 0 Å². The van der Waals surface area contributed by atoms with Crippen LogP contribution in [0.4, 0.5) is 4.79 Å². The second-order valence-corrected chi connectivity index (χ2v) is 15.6. The number of fused-ring (bicyclic) bond motifs is 5. The number of H-pyrrole nitrogens is 1. The van der Waals surface area contributed by atoms with Gasteiger partial charge in [0.05, 0.1) is 16.7 Å². The van der Waals surface area contributed by atoms with Crippen LogP contribution < -0.4 is 31.9 Å². The van der Waals surface area contributed by atoms with Crippen LogP contribution in [-0.2, 0) is 35.2 Å². The molecule has 0 radical (unpaired) electrons. The number of aromatic nitrogens is 1. The summed E-state index contributed by atoms with van der Waals surface area (Å²) in [5.41, 5.74) is -0.215. The molecule has 1 aromatic carbocycles. The number of ketones is 1. The van der Waals surface area contributed by atoms with E-state index in [2.05, 4.69) is 36.9 Å². The zero-order chi connectivity index (χ0) is 38.8. The van der Waals surface area contributed by atoms with E-state index >= 15 is 0 Å². The van der Waals surface area contributed by atoms with Gasteiger partial charge in [0.1, 0.15) is 42.3 Å². The third-order valence-corrected chi connectivity index (χ3v) is 10.7. The molecule has 5 rings (SSSR count). The number of aliphatic hydroxyl groups excluding tert-OH is 1. The fraction of sp³-hybridized carbons (Fsp3) is 0.571. The summed E-state index contributed by atoms with van der Waals surface area (Å²) in [4.78, 5) is 101. The molecule has 7 amide bonds. The Morgan fingerprint density at radius 2 is 1.51 bits per heavy atom. The minimum absolute atomic E-state index is 0.103. The van der Waals surface area contributed by atoms with E-state index < -0.39 is 95.3 Å². The van der Waals surface area contributed by atoms with Gasteiger partial charge in [-0.3, -0.25) is 28.8 Å². The molecule has 1 saturated heterocycles. The summed E-state index contributed by atoms with van der Waals surface area (Å²) >= 11 is 1.15. The smallest absolute Gasteiger partial charge is 0.318 e. The number of urea groups is 1. The monoisotopic (exact) mass is 756 g/mol. The van der Waals surface area contributed by atoms with Crippen LogP contribution in [0, 0.1) is 0 Å². The molecule has 9 N–H and O–H groups in total. The molecular formula is C35H48N8O9S. The van der Waals surface area contributed by atoms with E-state index in [1.807, 2.05) is 12.1 Å². The van der Waals surface area contributed by atoms with E-state index in [9.17, 15) is 43.8 Å². The number of rotatable bonds is 3. The standard InChI is InChI=1S/C35H48N8O9S/c1-16-28(46)38-22-13-20-19-9-6-7-10-21(19)40-33(20)53-15-24(41-34(51)43-12-8-11-25(43)32(50)37-16)27(45)26(18(3)44)42-29(47)17(2)36-31(49)23(39-30(22)48)14-35(4,5)52/h6-7,9-10,16-18,22-26,40,44,52H,8,11-15H2,1-5H3,(H,36,49)(H,37,50)(H,38,46)(H,39,48)(H,41,51)(H,42,47). The van der Waals surface area contributed by atoms with Crippen molar-refractivity contribution in [1.82, 2.24) is 41.8 Å². The van der Waals surface area contributed by atoms with Crippen molar-refractivity contribution in [2.45, 2.75) is 119 Å². The van der Waals surface area contributed by atoms with Gasteiger partial charge in [-0.05, 0) is 59.1 Å². The molecule has 0 spiro atoms. The molecule has 4 heterocycles. The molecule has 3 aliphatic rings. The molecule has 3 aliphatic heterocycles. The van der Waals surface area contributed by atoms with Crippen LogP contribution in [0.1, 0.15) is 59.4 Å². The zero-order valence-corrected chi connectivity index (χ0v) is 31.1. The predicted octanol–water partition coefficient (Wildman–Crippen LogP) is -1.05. The fourth-order valence-electron chi connectivity index (χ4n) is 6.75. The van der Waals surface area contributed by atoms with Gasteiger partial charge < -0.3 is 52.0 Å². The first-order valence-corrected chi connectivity index (χ1v) is 18.7. The Hall–Kier alpha value is -4.68. The molecule has 53 heavy (non-hydrogen) atoms. The highest BCUT2D eigenvalue weighted by atomic mass is 32.2. The average molecular weight is 757 g/mol. The van der Waals surface area contributed by atoms with Gasteiger partial charge in [0.25, 0.3) is 0 Å². The number of thioether (sulfide) groups is 1. The lowest BCUT2D eigenvalue weighted by molar-refractivity contribution is -0.136. The number of Topliss-reactive ketones (excluding diaryl/α,β-unsaturated/α-hetero) is 1. The molecule has 1 aromatic heterocycles. The van der Waals surface area contributed by atoms with Crippen molar-refractivity contribution in [2.24, 2.45) is 0 Å². The number of amides is 7. The minimum atomic E-state index is -1.53. The number of nitrogens with one attached hydrogen (secondary N) is 7. The van der Waals surface area contributed by atoms with E-state index in [0.717, 1.165) is 11.8 Å². The molecule has 2 aromatic rings. The van der Waals surface area contributed by atoms with Crippen LogP contribution in [-0.4, -0.2) is 128 Å². The maximum absolute atomic E-state index is 14.3. The van der Waals surface area contributed by atoms with E-state index in [4.69, 9.17) is 0 Å². The zero-order valence-electron chi connectivity index (χ0n) is 30.3. The number of para-hydroxylation sites is 1. The lowest BCUT2D eigenvalue weighted by atomic mass is 9.97. The second-order valence-electron chi connectivity index (χ2n) is 14.6. The Balaban J connectivity index is 1.68. The molecule has 18 heteroatoms. The predicted molar refractivity (Wildman–Crippen MR) is 193 cm³/mol. The number of carbonyl (C=O) groups excluding carboxylic acids is 7. The molecule has 17 nitrogen and oxygen atoms in total. The molecule has 0 saturated carbocycles. The first kappa shape index (κ1) is 39.5. The van der Waals surface area contributed by atoms with Crippen molar-refractivity contribution in [2.75, 3.05) is 12.3 Å². The van der Waals surface area contributed by atoms with Gasteiger partial charge in [-0.15, -0.1) is 11.8 Å². The summed E-state index contributed by atoms with van der Waals surface area (Å²) in [5.74, 6) is -4.60. The van der Waals surface area contributed by atoms with Crippen LogP contribution >= 0.6 is 11.8 Å². The van der Waals surface area contributed by atoms with Crippen LogP contribution in [0.3, 0.4) is 0 Å². The van der Waals surface area contributed by atoms with Crippen molar-refractivity contribution in [1.29, 1.82) is 0 Å². The second kappa shape index (κ2) is 16.1. The summed E-state index contributed by atoms with van der Waals surface area (Å²) in [7, 11) is 0. The van der Waals surface area contributed by atoms with Crippen molar-refractivity contribution < 1.29 is 43.8 Å². The summed E-state index contributed by atoms with van der Waals surface area (Å²) < 4.78 is 0. The molecular weight excluding hydrogens is 708 g/mol. The number of aromatic amines is 1. The lowest BCUT2D eigenvalue weighted by Crippen LogP contribution is -2.61. The Bertz CT molecular complexity index is 1770. The van der Waals surface area contributed by atoms with E-state index in [-0.39, 0.29) is 31.6 Å². The number of aliphatic hydroxyl groups is 2. The molecule has 8 atom stereocenters. The normalized spacial score (nSPS) is 29.2. The van der Waals surface area contributed by atoms with Crippen molar-refractivity contribution in [3.8, 4) is 0 Å². The van der Waals surface area contributed by atoms with Gasteiger partial charge in [-0.2, -0.15) is 0 Å². The van der Waals surface area contributed by atoms with E-state index in [0.29, 0.717) is 27.9 Å². The van der Waals surface area contributed by atoms with E-state index in [1.54, 1.807) is 12.1 Å². The maximum atomic E-state index is 14.3. The number of hydrogen-bond acceptors (Lipinski definition) is 10. The van der Waals surface area contributed by atoms with Gasteiger partial charge >= 0.3 is 6.03 Å². The van der Waals surface area contributed by atoms with Gasteiger partial charge in [-0.1, -0.05) is 18.2 Å². The third kappa shape index (κ3) is 9.28. The Kier molecular flexibility index (Phi) is 12.0. The molecule has 0 aliphatic carbocycles. The molecule has 2 bridgehead atoms. The number of benzene rings is 1. The highest BCUT2D eigenvalue weighted by molar-refractivity contribution is 7.99.